The van der Waals surface area contributed by atoms with Crippen LogP contribution in [0.15, 0.2) is 72.8 Å². The smallest absolute Gasteiger partial charge is 0.200 e. The lowest BCUT2D eigenvalue weighted by atomic mass is 9.58. The highest BCUT2D eigenvalue weighted by molar-refractivity contribution is 7.80. The van der Waals surface area contributed by atoms with E-state index in [1.54, 1.807) is 6.07 Å². The van der Waals surface area contributed by atoms with E-state index in [0.717, 1.165) is 29.5 Å². The molecule has 1 spiro atoms. The average molecular weight is 473 g/mol. The van der Waals surface area contributed by atoms with Gasteiger partial charge in [0, 0.05) is 23.3 Å². The summed E-state index contributed by atoms with van der Waals surface area (Å²) in [4.78, 5) is 0. The lowest BCUT2D eigenvalue weighted by Crippen LogP contribution is -2.74. The molecule has 3 aromatic carbocycles. The van der Waals surface area contributed by atoms with Crippen LogP contribution in [-0.4, -0.2) is 21.1 Å². The van der Waals surface area contributed by atoms with E-state index in [-0.39, 0.29) is 35.3 Å². The normalized spacial score (nSPS) is 31.7. The monoisotopic (exact) mass is 472 g/mol. The maximum atomic E-state index is 10.9. The van der Waals surface area contributed by atoms with Crippen molar-refractivity contribution < 1.29 is 14.9 Å². The Labute approximate surface area is 204 Å². The summed E-state index contributed by atoms with van der Waals surface area (Å²) < 4.78 is 6.81. The second-order valence-corrected chi connectivity index (χ2v) is 10.3. The van der Waals surface area contributed by atoms with E-state index in [0.29, 0.717) is 16.8 Å². The van der Waals surface area contributed by atoms with Gasteiger partial charge in [-0.1, -0.05) is 73.7 Å². The van der Waals surface area contributed by atoms with Crippen molar-refractivity contribution in [2.24, 2.45) is 17.8 Å². The van der Waals surface area contributed by atoms with Gasteiger partial charge in [-0.15, -0.1) is 0 Å². The topological polar surface area (TPSA) is 73.8 Å². The van der Waals surface area contributed by atoms with Gasteiger partial charge in [0.25, 0.3) is 0 Å². The highest BCUT2D eigenvalue weighted by Gasteiger charge is 2.62. The van der Waals surface area contributed by atoms with Crippen LogP contribution < -0.4 is 15.4 Å². The number of ether oxygens (including phenoxy) is 1. The van der Waals surface area contributed by atoms with Gasteiger partial charge < -0.3 is 25.6 Å². The quantitative estimate of drug-likeness (QED) is 0.304. The minimum absolute atomic E-state index is 0.0217. The fourth-order valence-corrected chi connectivity index (χ4v) is 6.82. The second-order valence-electron chi connectivity index (χ2n) is 9.91. The van der Waals surface area contributed by atoms with Gasteiger partial charge in [0.05, 0.1) is 6.04 Å². The molecule has 174 valence electrons. The molecule has 1 saturated carbocycles. The molecule has 5 nitrogen and oxygen atoms in total. The first-order valence-electron chi connectivity index (χ1n) is 11.9. The van der Waals surface area contributed by atoms with E-state index >= 15 is 0 Å². The van der Waals surface area contributed by atoms with Crippen molar-refractivity contribution >= 4 is 17.3 Å². The number of rotatable bonds is 2. The summed E-state index contributed by atoms with van der Waals surface area (Å²) in [5.41, 5.74) is 2.40. The molecule has 6 heteroatoms. The van der Waals surface area contributed by atoms with E-state index in [4.69, 9.17) is 17.0 Å². The van der Waals surface area contributed by atoms with Gasteiger partial charge in [0.15, 0.2) is 22.3 Å². The summed E-state index contributed by atoms with van der Waals surface area (Å²) in [6, 6.07) is 24.2. The minimum atomic E-state index is -0.825. The Morgan fingerprint density at radius 1 is 0.882 bits per heavy atom. The molecule has 6 rings (SSSR count). The number of fused-ring (bicyclic) bond motifs is 1. The minimum Gasteiger partial charge on any atom is -0.504 e. The summed E-state index contributed by atoms with van der Waals surface area (Å²) in [5.74, 6) is 0.526. The highest BCUT2D eigenvalue weighted by atomic mass is 32.1. The Kier molecular flexibility index (Phi) is 4.96. The van der Waals surface area contributed by atoms with E-state index in [9.17, 15) is 10.2 Å². The molecule has 6 atom stereocenters. The van der Waals surface area contributed by atoms with Crippen LogP contribution in [0.5, 0.6) is 17.2 Å². The lowest BCUT2D eigenvalue weighted by Gasteiger charge is -2.60. The van der Waals surface area contributed by atoms with Crippen molar-refractivity contribution in [1.82, 2.24) is 10.6 Å². The molecule has 0 aromatic heterocycles. The third-order valence-electron chi connectivity index (χ3n) is 7.88. The zero-order chi connectivity index (χ0) is 23.4. The fraction of sp³-hybridized carbons (Fsp3) is 0.321. The first kappa shape index (κ1) is 21.3. The van der Waals surface area contributed by atoms with E-state index < -0.39 is 5.72 Å². The van der Waals surface area contributed by atoms with Crippen LogP contribution in [0.3, 0.4) is 0 Å². The molecule has 0 bridgehead atoms. The van der Waals surface area contributed by atoms with Crippen LogP contribution in [0.25, 0.3) is 0 Å². The molecule has 1 saturated heterocycles. The van der Waals surface area contributed by atoms with E-state index in [1.165, 1.54) is 0 Å². The number of hydrogen-bond acceptors (Lipinski definition) is 4. The molecule has 2 fully saturated rings. The summed E-state index contributed by atoms with van der Waals surface area (Å²) >= 11 is 5.74. The Bertz CT molecular complexity index is 1240. The van der Waals surface area contributed by atoms with Gasteiger partial charge in [-0.25, -0.2) is 0 Å². The molecule has 0 unspecified atom stereocenters. The van der Waals surface area contributed by atoms with Gasteiger partial charge in [-0.3, -0.25) is 0 Å². The maximum absolute atomic E-state index is 10.9. The van der Waals surface area contributed by atoms with Crippen molar-refractivity contribution in [1.29, 1.82) is 0 Å². The SMILES string of the molecule is C[C@@H]1C[C@@H]2[C@H](c3ccccc3)NC(=S)N[C@]23Oc2c(ccc(O)c2O)[C@@H](c2ccccc2)[C@@H]3C1. The Morgan fingerprint density at radius 3 is 2.24 bits per heavy atom. The van der Waals surface area contributed by atoms with Crippen LogP contribution in [0.2, 0.25) is 0 Å². The number of nitrogens with one attached hydrogen (secondary N) is 2. The molecule has 1 aliphatic carbocycles. The van der Waals surface area contributed by atoms with Crippen LogP contribution in [0.1, 0.15) is 48.4 Å². The van der Waals surface area contributed by atoms with E-state index in [1.807, 2.05) is 30.3 Å². The van der Waals surface area contributed by atoms with Gasteiger partial charge in [-0.2, -0.15) is 0 Å². The maximum Gasteiger partial charge on any atom is 0.200 e. The fourth-order valence-electron chi connectivity index (χ4n) is 6.54. The van der Waals surface area contributed by atoms with Crippen LogP contribution in [0, 0.1) is 17.8 Å². The second kappa shape index (κ2) is 7.91. The summed E-state index contributed by atoms with van der Waals surface area (Å²) in [6.07, 6.45) is 1.89. The summed E-state index contributed by atoms with van der Waals surface area (Å²) in [5, 5.41) is 28.9. The number of aromatic hydroxyl groups is 2. The number of benzene rings is 3. The summed E-state index contributed by atoms with van der Waals surface area (Å²) in [6.45, 7) is 2.31. The van der Waals surface area contributed by atoms with E-state index in [2.05, 4.69) is 54.0 Å². The van der Waals surface area contributed by atoms with Crippen molar-refractivity contribution in [3.8, 4) is 17.2 Å². The standard InChI is InChI=1S/C28H28N2O3S/c1-16-14-20-23(17-8-4-2-5-9-17)19-12-13-22(31)25(32)26(19)33-28(20)21(15-16)24(29-27(34)30-28)18-10-6-3-7-11-18/h2-13,16,20-21,23-24,31-32H,14-15H2,1H3,(H2,29,30,34)/t16-,20-,21+,23+,24-,28+/m0/s1. The third kappa shape index (κ3) is 3.16. The van der Waals surface area contributed by atoms with Crippen molar-refractivity contribution in [2.75, 3.05) is 0 Å². The zero-order valence-corrected chi connectivity index (χ0v) is 19.8. The largest absolute Gasteiger partial charge is 0.504 e. The summed E-state index contributed by atoms with van der Waals surface area (Å²) in [7, 11) is 0. The van der Waals surface area contributed by atoms with Crippen molar-refractivity contribution in [3.63, 3.8) is 0 Å². The molecular weight excluding hydrogens is 444 g/mol. The van der Waals surface area contributed by atoms with Gasteiger partial charge in [0.1, 0.15) is 0 Å². The first-order chi connectivity index (χ1) is 16.5. The molecule has 34 heavy (non-hydrogen) atoms. The molecule has 2 aliphatic heterocycles. The molecule has 3 aliphatic rings. The molecular formula is C28H28N2O3S. The van der Waals surface area contributed by atoms with Gasteiger partial charge >= 0.3 is 0 Å². The molecule has 2 heterocycles. The van der Waals surface area contributed by atoms with Gasteiger partial charge in [-0.05, 0) is 48.2 Å². The van der Waals surface area contributed by atoms with Crippen LogP contribution in [0.4, 0.5) is 0 Å². The number of hydrogen-bond donors (Lipinski definition) is 4. The Hall–Kier alpha value is -3.25. The van der Waals surface area contributed by atoms with Crippen LogP contribution >= 0.6 is 12.2 Å². The van der Waals surface area contributed by atoms with Crippen molar-refractivity contribution in [3.05, 3.63) is 89.5 Å². The highest BCUT2D eigenvalue weighted by Crippen LogP contribution is 2.61. The molecule has 3 aromatic rings. The lowest BCUT2D eigenvalue weighted by molar-refractivity contribution is -0.133. The zero-order valence-electron chi connectivity index (χ0n) is 18.9. The molecule has 0 amide bonds. The Balaban J connectivity index is 1.58. The number of thiocarbonyl (C=S) groups is 1. The molecule has 4 N–H and O–H groups in total. The number of phenols is 2. The third-order valence-corrected chi connectivity index (χ3v) is 8.10. The predicted molar refractivity (Wildman–Crippen MR) is 135 cm³/mol. The van der Waals surface area contributed by atoms with Crippen LogP contribution in [-0.2, 0) is 0 Å². The van der Waals surface area contributed by atoms with Gasteiger partial charge in [0.2, 0.25) is 5.75 Å². The Morgan fingerprint density at radius 2 is 1.53 bits per heavy atom. The average Bonchev–Trinajstić information content (AvgIpc) is 2.85. The molecule has 0 radical (unpaired) electrons. The number of phenolic OH excluding ortho intramolecular Hbond substituents is 2. The van der Waals surface area contributed by atoms with Crippen molar-refractivity contribution in [2.45, 2.75) is 37.5 Å². The first-order valence-corrected chi connectivity index (χ1v) is 12.3. The predicted octanol–water partition coefficient (Wildman–Crippen LogP) is 5.20.